The van der Waals surface area contributed by atoms with E-state index >= 15 is 0 Å². The summed E-state index contributed by atoms with van der Waals surface area (Å²) in [6.07, 6.45) is 2.10. The highest BCUT2D eigenvalue weighted by Gasteiger charge is 2.39. The number of methoxy groups -OCH3 is 1. The molecule has 6 heteroatoms. The minimum atomic E-state index is -0.118. The molecular formula is C24H31N3O3. The Balaban J connectivity index is 1.31. The summed E-state index contributed by atoms with van der Waals surface area (Å²) in [5.41, 5.74) is 2.66. The maximum absolute atomic E-state index is 12.6. The summed E-state index contributed by atoms with van der Waals surface area (Å²) < 4.78 is 10.6. The van der Waals surface area contributed by atoms with E-state index in [0.29, 0.717) is 24.8 Å². The minimum Gasteiger partial charge on any atom is -0.494 e. The molecule has 0 aliphatic carbocycles. The normalized spacial score (nSPS) is 20.9. The molecule has 1 amide bonds. The van der Waals surface area contributed by atoms with Crippen molar-refractivity contribution in [2.45, 2.75) is 18.9 Å². The van der Waals surface area contributed by atoms with Crippen molar-refractivity contribution < 1.29 is 14.3 Å². The summed E-state index contributed by atoms with van der Waals surface area (Å²) >= 11 is 0. The van der Waals surface area contributed by atoms with Gasteiger partial charge in [0.2, 0.25) is 0 Å². The number of nitrogens with zero attached hydrogens (tertiary/aromatic N) is 2. The fourth-order valence-corrected chi connectivity index (χ4v) is 4.53. The fraction of sp³-hybridized carbons (Fsp3) is 0.458. The molecule has 0 radical (unpaired) electrons. The van der Waals surface area contributed by atoms with Crippen molar-refractivity contribution in [2.24, 2.45) is 5.92 Å². The Morgan fingerprint density at radius 1 is 1.07 bits per heavy atom. The van der Waals surface area contributed by atoms with Crippen LogP contribution >= 0.6 is 0 Å². The van der Waals surface area contributed by atoms with E-state index < -0.39 is 0 Å². The first kappa shape index (κ1) is 20.7. The van der Waals surface area contributed by atoms with Crippen molar-refractivity contribution in [1.82, 2.24) is 4.90 Å². The lowest BCUT2D eigenvalue weighted by Crippen LogP contribution is -2.34. The molecule has 160 valence electrons. The first-order chi connectivity index (χ1) is 14.6. The molecular weight excluding hydrogens is 378 g/mol. The highest BCUT2D eigenvalue weighted by Crippen LogP contribution is 2.34. The second-order valence-electron chi connectivity index (χ2n) is 8.25. The molecule has 2 aromatic rings. The van der Waals surface area contributed by atoms with E-state index in [1.807, 2.05) is 24.3 Å². The van der Waals surface area contributed by atoms with Crippen molar-refractivity contribution in [2.75, 3.05) is 57.2 Å². The average molecular weight is 410 g/mol. The third-order valence-electron chi connectivity index (χ3n) is 6.07. The number of likely N-dealkylation sites (tertiary alicyclic amines) is 1. The monoisotopic (exact) mass is 409 g/mol. The van der Waals surface area contributed by atoms with E-state index in [9.17, 15) is 4.79 Å². The van der Waals surface area contributed by atoms with E-state index in [4.69, 9.17) is 9.47 Å². The van der Waals surface area contributed by atoms with Crippen LogP contribution in [0.15, 0.2) is 48.5 Å². The van der Waals surface area contributed by atoms with Gasteiger partial charge >= 0.3 is 0 Å². The summed E-state index contributed by atoms with van der Waals surface area (Å²) in [7, 11) is 3.88. The SMILES string of the molecule is COCCCOc1ccc(C(=O)Nc2ccc(N3CC[C@@H]4CN(C)C[C@@H]43)cc2)cc1. The van der Waals surface area contributed by atoms with Gasteiger partial charge < -0.3 is 24.6 Å². The van der Waals surface area contributed by atoms with Gasteiger partial charge in [0.05, 0.1) is 6.61 Å². The van der Waals surface area contributed by atoms with Crippen LogP contribution in [0.2, 0.25) is 0 Å². The lowest BCUT2D eigenvalue weighted by atomic mass is 10.0. The van der Waals surface area contributed by atoms with Crippen LogP contribution in [0.25, 0.3) is 0 Å². The van der Waals surface area contributed by atoms with Gasteiger partial charge in [-0.3, -0.25) is 4.79 Å². The van der Waals surface area contributed by atoms with Gasteiger partial charge in [0, 0.05) is 62.8 Å². The second kappa shape index (κ2) is 9.49. The van der Waals surface area contributed by atoms with Crippen LogP contribution in [0.3, 0.4) is 0 Å². The third-order valence-corrected chi connectivity index (χ3v) is 6.07. The Morgan fingerprint density at radius 3 is 2.57 bits per heavy atom. The number of rotatable bonds is 8. The van der Waals surface area contributed by atoms with E-state index in [1.165, 1.54) is 18.7 Å². The molecule has 0 bridgehead atoms. The minimum absolute atomic E-state index is 0.118. The van der Waals surface area contributed by atoms with Crippen LogP contribution in [0.1, 0.15) is 23.2 Å². The Hall–Kier alpha value is -2.57. The Labute approximate surface area is 178 Å². The number of hydrogen-bond acceptors (Lipinski definition) is 5. The van der Waals surface area contributed by atoms with Crippen LogP contribution < -0.4 is 15.0 Å². The van der Waals surface area contributed by atoms with E-state index in [0.717, 1.165) is 36.9 Å². The van der Waals surface area contributed by atoms with Crippen LogP contribution in [0.5, 0.6) is 5.75 Å². The number of carbonyl (C=O) groups is 1. The number of carbonyl (C=O) groups excluding carboxylic acids is 1. The quantitative estimate of drug-likeness (QED) is 0.677. The Morgan fingerprint density at radius 2 is 1.83 bits per heavy atom. The first-order valence-electron chi connectivity index (χ1n) is 10.7. The molecule has 2 aliphatic heterocycles. The predicted octanol–water partition coefficient (Wildman–Crippen LogP) is 3.49. The Kier molecular flexibility index (Phi) is 6.55. The summed E-state index contributed by atoms with van der Waals surface area (Å²) in [6, 6.07) is 16.1. The number of likely N-dealkylation sites (N-methyl/N-ethyl adjacent to an activating group) is 1. The molecule has 2 fully saturated rings. The van der Waals surface area contributed by atoms with Crippen LogP contribution in [-0.4, -0.2) is 63.9 Å². The van der Waals surface area contributed by atoms with Gasteiger partial charge in [0.1, 0.15) is 5.75 Å². The predicted molar refractivity (Wildman–Crippen MR) is 120 cm³/mol. The third kappa shape index (κ3) is 4.77. The van der Waals surface area contributed by atoms with E-state index in [1.54, 1.807) is 19.2 Å². The molecule has 30 heavy (non-hydrogen) atoms. The largest absolute Gasteiger partial charge is 0.494 e. The number of ether oxygens (including phenoxy) is 2. The molecule has 6 nitrogen and oxygen atoms in total. The van der Waals surface area contributed by atoms with Gasteiger partial charge in [-0.05, 0) is 67.9 Å². The number of fused-ring (bicyclic) bond motifs is 1. The zero-order valence-corrected chi connectivity index (χ0v) is 17.8. The topological polar surface area (TPSA) is 54.0 Å². The molecule has 0 aromatic heterocycles. The zero-order valence-electron chi connectivity index (χ0n) is 17.8. The molecule has 2 atom stereocenters. The molecule has 0 saturated carbocycles. The summed E-state index contributed by atoms with van der Waals surface area (Å²) in [5.74, 6) is 1.42. The van der Waals surface area contributed by atoms with Crippen LogP contribution in [0.4, 0.5) is 11.4 Å². The van der Waals surface area contributed by atoms with Crippen molar-refractivity contribution >= 4 is 17.3 Å². The lowest BCUT2D eigenvalue weighted by Gasteiger charge is -2.26. The number of anilines is 2. The molecule has 2 heterocycles. The Bertz CT molecular complexity index is 838. The highest BCUT2D eigenvalue weighted by atomic mass is 16.5. The smallest absolute Gasteiger partial charge is 0.255 e. The summed E-state index contributed by atoms with van der Waals surface area (Å²) in [5, 5.41) is 2.99. The molecule has 4 rings (SSSR count). The van der Waals surface area contributed by atoms with Crippen LogP contribution in [0, 0.1) is 5.92 Å². The van der Waals surface area contributed by atoms with E-state index in [2.05, 4.69) is 34.3 Å². The van der Waals surface area contributed by atoms with Gasteiger partial charge in [-0.25, -0.2) is 0 Å². The number of benzene rings is 2. The molecule has 2 aliphatic rings. The van der Waals surface area contributed by atoms with Crippen LogP contribution in [-0.2, 0) is 4.74 Å². The van der Waals surface area contributed by atoms with Gasteiger partial charge in [-0.1, -0.05) is 0 Å². The van der Waals surface area contributed by atoms with Crippen molar-refractivity contribution in [3.05, 3.63) is 54.1 Å². The molecule has 2 saturated heterocycles. The van der Waals surface area contributed by atoms with Crippen molar-refractivity contribution in [3.63, 3.8) is 0 Å². The molecule has 0 spiro atoms. The number of nitrogens with one attached hydrogen (secondary N) is 1. The second-order valence-corrected chi connectivity index (χ2v) is 8.25. The number of hydrogen-bond donors (Lipinski definition) is 1. The molecule has 0 unspecified atom stereocenters. The molecule has 2 aromatic carbocycles. The average Bonchev–Trinajstić information content (AvgIpc) is 3.31. The lowest BCUT2D eigenvalue weighted by molar-refractivity contribution is 0.102. The molecule has 1 N–H and O–H groups in total. The summed E-state index contributed by atoms with van der Waals surface area (Å²) in [4.78, 5) is 17.5. The van der Waals surface area contributed by atoms with Gasteiger partial charge in [-0.2, -0.15) is 0 Å². The zero-order chi connectivity index (χ0) is 20.9. The summed E-state index contributed by atoms with van der Waals surface area (Å²) in [6.45, 7) is 4.73. The van der Waals surface area contributed by atoms with Crippen molar-refractivity contribution in [1.29, 1.82) is 0 Å². The first-order valence-corrected chi connectivity index (χ1v) is 10.7. The van der Waals surface area contributed by atoms with Gasteiger partial charge in [0.15, 0.2) is 0 Å². The maximum Gasteiger partial charge on any atom is 0.255 e. The van der Waals surface area contributed by atoms with Gasteiger partial charge in [0.25, 0.3) is 5.91 Å². The fourth-order valence-electron chi connectivity index (χ4n) is 4.53. The highest BCUT2D eigenvalue weighted by molar-refractivity contribution is 6.04. The van der Waals surface area contributed by atoms with Crippen molar-refractivity contribution in [3.8, 4) is 5.75 Å². The number of amides is 1. The van der Waals surface area contributed by atoms with E-state index in [-0.39, 0.29) is 5.91 Å². The standard InChI is InChI=1S/C24H31N3O3/c1-26-16-19-12-13-27(23(19)17-26)21-8-6-20(7-9-21)25-24(28)18-4-10-22(11-5-18)30-15-3-14-29-2/h4-11,19,23H,3,12-17H2,1-2H3,(H,25,28)/t19-,23+/m1/s1. The van der Waals surface area contributed by atoms with Gasteiger partial charge in [-0.15, -0.1) is 0 Å². The maximum atomic E-state index is 12.6.